The Balaban J connectivity index is 1.63. The molecule has 0 spiro atoms. The zero-order valence-corrected chi connectivity index (χ0v) is 16.2. The molecular weight excluding hydrogens is 370 g/mol. The van der Waals surface area contributed by atoms with Gasteiger partial charge < -0.3 is 9.80 Å². The van der Waals surface area contributed by atoms with Gasteiger partial charge in [-0.25, -0.2) is 8.42 Å². The number of hydrogen-bond acceptors (Lipinski definition) is 4. The summed E-state index contributed by atoms with van der Waals surface area (Å²) >= 11 is 5.82. The van der Waals surface area contributed by atoms with E-state index in [2.05, 4.69) is 21.6 Å². The molecule has 7 heteroatoms. The number of nitrogens with zero attached hydrogens (tertiary/aromatic N) is 2. The predicted molar refractivity (Wildman–Crippen MR) is 109 cm³/mol. The van der Waals surface area contributed by atoms with Crippen LogP contribution in [0, 0.1) is 0 Å². The second-order valence-electron chi connectivity index (χ2n) is 6.34. The van der Waals surface area contributed by atoms with Gasteiger partial charge in [0.2, 0.25) is 0 Å². The van der Waals surface area contributed by atoms with Gasteiger partial charge in [0.25, 0.3) is 10.0 Å². The van der Waals surface area contributed by atoms with Gasteiger partial charge >= 0.3 is 0 Å². The molecule has 1 saturated heterocycles. The van der Waals surface area contributed by atoms with Crippen molar-refractivity contribution >= 4 is 39.1 Å². The smallest absolute Gasteiger partial charge is 0.255 e. The van der Waals surface area contributed by atoms with Crippen molar-refractivity contribution in [3.05, 3.63) is 64.5 Å². The average molecular weight is 392 g/mol. The lowest BCUT2D eigenvalue weighted by Gasteiger charge is -2.34. The lowest BCUT2D eigenvalue weighted by molar-refractivity contribution is 0.313. The highest BCUT2D eigenvalue weighted by Crippen LogP contribution is 2.20. The van der Waals surface area contributed by atoms with Gasteiger partial charge in [0.05, 0.1) is 5.41 Å². The van der Waals surface area contributed by atoms with Gasteiger partial charge in [-0.2, -0.15) is 0 Å². The normalized spacial score (nSPS) is 16.2. The fraction of sp³-hybridized carbons (Fsp3) is 0.263. The number of rotatable bonds is 5. The monoisotopic (exact) mass is 391 g/mol. The summed E-state index contributed by atoms with van der Waals surface area (Å²) < 4.78 is 27.0. The first-order chi connectivity index (χ1) is 12.4. The molecule has 1 heterocycles. The minimum absolute atomic E-state index is 0.545. The van der Waals surface area contributed by atoms with E-state index in [-0.39, 0.29) is 0 Å². The van der Waals surface area contributed by atoms with Crippen molar-refractivity contribution in [2.45, 2.75) is 0 Å². The second-order valence-corrected chi connectivity index (χ2v) is 8.34. The number of hydrogen-bond donors (Lipinski definition) is 1. The maximum atomic E-state index is 12.2. The molecule has 0 radical (unpaired) electrons. The molecule has 26 heavy (non-hydrogen) atoms. The second kappa shape index (κ2) is 8.12. The number of likely N-dealkylation sites (N-methyl/N-ethyl adjacent to an activating group) is 1. The minimum Gasteiger partial charge on any atom is -0.369 e. The van der Waals surface area contributed by atoms with E-state index in [0.717, 1.165) is 42.8 Å². The largest absolute Gasteiger partial charge is 0.369 e. The topological polar surface area (TPSA) is 52.6 Å². The number of anilines is 2. The Bertz CT molecular complexity index is 857. The highest BCUT2D eigenvalue weighted by molar-refractivity contribution is 7.95. The number of halogens is 1. The van der Waals surface area contributed by atoms with E-state index in [1.54, 1.807) is 36.4 Å². The zero-order chi connectivity index (χ0) is 18.6. The molecule has 2 aromatic rings. The molecule has 138 valence electrons. The van der Waals surface area contributed by atoms with E-state index in [9.17, 15) is 8.42 Å². The Morgan fingerprint density at radius 2 is 1.58 bits per heavy atom. The maximum Gasteiger partial charge on any atom is 0.255 e. The fourth-order valence-electron chi connectivity index (χ4n) is 2.75. The maximum absolute atomic E-state index is 12.2. The molecule has 1 N–H and O–H groups in total. The summed E-state index contributed by atoms with van der Waals surface area (Å²) in [5, 5.41) is 1.77. The third-order valence-corrected chi connectivity index (χ3v) is 5.57. The summed E-state index contributed by atoms with van der Waals surface area (Å²) in [4.78, 5) is 4.60. The molecule has 0 unspecified atom stereocenters. The standard InChI is InChI=1S/C19H22ClN3O2S/c1-22-11-13-23(14-12-22)19-8-6-18(7-9-19)21-26(24,25)15-10-16-2-4-17(20)5-3-16/h2-10,15,21H,11-14H2,1H3/b15-10+. The Morgan fingerprint density at radius 3 is 2.19 bits per heavy atom. The van der Waals surface area contributed by atoms with Gasteiger partial charge in [-0.3, -0.25) is 4.72 Å². The molecule has 0 aromatic heterocycles. The van der Waals surface area contributed by atoms with Crippen LogP contribution in [-0.2, 0) is 10.0 Å². The number of piperazine rings is 1. The van der Waals surface area contributed by atoms with Crippen LogP contribution in [0.4, 0.5) is 11.4 Å². The van der Waals surface area contributed by atoms with Crippen LogP contribution in [0.2, 0.25) is 5.02 Å². The Kier molecular flexibility index (Phi) is 5.86. The van der Waals surface area contributed by atoms with Crippen LogP contribution in [0.5, 0.6) is 0 Å². The first kappa shape index (κ1) is 18.8. The molecule has 0 aliphatic carbocycles. The van der Waals surface area contributed by atoms with Crippen LogP contribution in [0.15, 0.2) is 53.9 Å². The zero-order valence-electron chi connectivity index (χ0n) is 14.6. The average Bonchev–Trinajstić information content (AvgIpc) is 2.62. The minimum atomic E-state index is -3.57. The van der Waals surface area contributed by atoms with Crippen LogP contribution in [0.25, 0.3) is 6.08 Å². The summed E-state index contributed by atoms with van der Waals surface area (Å²) in [6, 6.07) is 14.5. The molecule has 1 aliphatic heterocycles. The van der Waals surface area contributed by atoms with Crippen LogP contribution in [0.3, 0.4) is 0 Å². The highest BCUT2D eigenvalue weighted by Gasteiger charge is 2.14. The predicted octanol–water partition coefficient (Wildman–Crippen LogP) is 3.50. The van der Waals surface area contributed by atoms with Crippen molar-refractivity contribution in [3.63, 3.8) is 0 Å². The SMILES string of the molecule is CN1CCN(c2ccc(NS(=O)(=O)/C=C/c3ccc(Cl)cc3)cc2)CC1. The van der Waals surface area contributed by atoms with E-state index < -0.39 is 10.0 Å². The van der Waals surface area contributed by atoms with Gasteiger partial charge in [0.15, 0.2) is 0 Å². The summed E-state index contributed by atoms with van der Waals surface area (Å²) in [6.45, 7) is 4.02. The summed E-state index contributed by atoms with van der Waals surface area (Å²) in [7, 11) is -1.45. The molecule has 5 nitrogen and oxygen atoms in total. The molecule has 0 saturated carbocycles. The molecular formula is C19H22ClN3O2S. The molecule has 1 aliphatic rings. The quantitative estimate of drug-likeness (QED) is 0.847. The van der Waals surface area contributed by atoms with Gasteiger partial charge in [-0.15, -0.1) is 0 Å². The third kappa shape index (κ3) is 5.24. The lowest BCUT2D eigenvalue weighted by atomic mass is 10.2. The molecule has 1 fully saturated rings. The van der Waals surface area contributed by atoms with Crippen LogP contribution >= 0.6 is 11.6 Å². The van der Waals surface area contributed by atoms with Crippen molar-refractivity contribution < 1.29 is 8.42 Å². The van der Waals surface area contributed by atoms with E-state index in [1.165, 1.54) is 6.08 Å². The van der Waals surface area contributed by atoms with E-state index in [0.29, 0.717) is 10.7 Å². The molecule has 0 atom stereocenters. The summed E-state index contributed by atoms with van der Waals surface area (Å²) in [6.07, 6.45) is 1.54. The van der Waals surface area contributed by atoms with Crippen molar-refractivity contribution in [1.82, 2.24) is 4.90 Å². The Morgan fingerprint density at radius 1 is 0.962 bits per heavy atom. The lowest BCUT2D eigenvalue weighted by Crippen LogP contribution is -2.44. The Labute approximate surface area is 159 Å². The van der Waals surface area contributed by atoms with E-state index in [4.69, 9.17) is 11.6 Å². The molecule has 0 amide bonds. The van der Waals surface area contributed by atoms with Crippen molar-refractivity contribution in [2.24, 2.45) is 0 Å². The first-order valence-electron chi connectivity index (χ1n) is 8.41. The Hall–Kier alpha value is -2.02. The van der Waals surface area contributed by atoms with E-state index >= 15 is 0 Å². The number of sulfonamides is 1. The summed E-state index contributed by atoms with van der Waals surface area (Å²) in [5.41, 5.74) is 2.42. The molecule has 3 rings (SSSR count). The highest BCUT2D eigenvalue weighted by atomic mass is 35.5. The molecule has 2 aromatic carbocycles. The summed E-state index contributed by atoms with van der Waals surface area (Å²) in [5.74, 6) is 0. The van der Waals surface area contributed by atoms with E-state index in [1.807, 2.05) is 12.1 Å². The van der Waals surface area contributed by atoms with Crippen molar-refractivity contribution in [1.29, 1.82) is 0 Å². The number of nitrogens with one attached hydrogen (secondary N) is 1. The van der Waals surface area contributed by atoms with Gasteiger partial charge in [-0.1, -0.05) is 23.7 Å². The van der Waals surface area contributed by atoms with Gasteiger partial charge in [0.1, 0.15) is 0 Å². The fourth-order valence-corrected chi connectivity index (χ4v) is 3.74. The number of benzene rings is 2. The van der Waals surface area contributed by atoms with Gasteiger partial charge in [-0.05, 0) is 55.1 Å². The van der Waals surface area contributed by atoms with Crippen molar-refractivity contribution in [2.75, 3.05) is 42.8 Å². The first-order valence-corrected chi connectivity index (χ1v) is 10.3. The third-order valence-electron chi connectivity index (χ3n) is 4.31. The van der Waals surface area contributed by atoms with Crippen molar-refractivity contribution in [3.8, 4) is 0 Å². The van der Waals surface area contributed by atoms with Crippen LogP contribution in [0.1, 0.15) is 5.56 Å². The molecule has 0 bridgehead atoms. The van der Waals surface area contributed by atoms with Crippen LogP contribution in [-0.4, -0.2) is 46.5 Å². The van der Waals surface area contributed by atoms with Gasteiger partial charge in [0, 0.05) is 42.6 Å². The van der Waals surface area contributed by atoms with Crippen LogP contribution < -0.4 is 9.62 Å².